The summed E-state index contributed by atoms with van der Waals surface area (Å²) in [6.07, 6.45) is -1.35. The van der Waals surface area contributed by atoms with Gasteiger partial charge in [0.05, 0.1) is 41.0 Å². The number of benzene rings is 4. The number of hydrogen-bond acceptors (Lipinski definition) is 7. The minimum Gasteiger partial charge on any atom is -0.355 e. The van der Waals surface area contributed by atoms with E-state index in [0.29, 0.717) is 47.6 Å². The number of rotatable bonds is 10. The van der Waals surface area contributed by atoms with Crippen molar-refractivity contribution in [1.29, 1.82) is 0 Å². The number of carbonyl (C=O) groups excluding carboxylic acids is 1. The summed E-state index contributed by atoms with van der Waals surface area (Å²) in [7, 11) is 1.53. The maximum atomic E-state index is 14.7. The highest BCUT2D eigenvalue weighted by Gasteiger charge is 2.39. The van der Waals surface area contributed by atoms with E-state index in [-0.39, 0.29) is 42.0 Å². The molecule has 1 aliphatic heterocycles. The Morgan fingerprint density at radius 3 is 1.93 bits per heavy atom. The van der Waals surface area contributed by atoms with E-state index in [0.717, 1.165) is 22.8 Å². The maximum Gasteiger partial charge on any atom is 0.418 e. The average Bonchev–Trinajstić information content (AvgIpc) is 3.48. The summed E-state index contributed by atoms with van der Waals surface area (Å²) in [5, 5.41) is 0.345. The predicted octanol–water partition coefficient (Wildman–Crippen LogP) is 7.82. The van der Waals surface area contributed by atoms with Crippen LogP contribution in [0.25, 0.3) is 22.0 Å². The fraction of sp³-hybridized carbons (Fsp3) is 0.239. The highest BCUT2D eigenvalue weighted by molar-refractivity contribution is 5.84. The number of aromatic nitrogens is 5. The third-order valence-electron chi connectivity index (χ3n) is 11.1. The number of hydrogen-bond donors (Lipinski definition) is 0. The first kappa shape index (κ1) is 39.2. The van der Waals surface area contributed by atoms with Gasteiger partial charge in [-0.3, -0.25) is 23.9 Å². The largest absolute Gasteiger partial charge is 0.418 e. The lowest BCUT2D eigenvalue weighted by Gasteiger charge is -2.39. The van der Waals surface area contributed by atoms with Gasteiger partial charge in [-0.05, 0) is 53.4 Å². The first-order chi connectivity index (χ1) is 28.4. The van der Waals surface area contributed by atoms with Crippen molar-refractivity contribution in [3.8, 4) is 11.1 Å². The number of halogens is 3. The van der Waals surface area contributed by atoms with Crippen molar-refractivity contribution in [1.82, 2.24) is 29.2 Å². The molecule has 4 heterocycles. The summed E-state index contributed by atoms with van der Waals surface area (Å²) in [6.45, 7) is 4.84. The zero-order valence-electron chi connectivity index (χ0n) is 32.8. The zero-order valence-corrected chi connectivity index (χ0v) is 32.8. The number of alkyl halides is 3. The molecule has 10 nitrogen and oxygen atoms in total. The topological polar surface area (TPSA) is 98.4 Å². The Hall–Kier alpha value is -6.60. The maximum absolute atomic E-state index is 14.7. The highest BCUT2D eigenvalue weighted by atomic mass is 19.4. The van der Waals surface area contributed by atoms with Gasteiger partial charge in [-0.1, -0.05) is 97.1 Å². The van der Waals surface area contributed by atoms with Crippen molar-refractivity contribution in [2.75, 3.05) is 24.5 Å². The van der Waals surface area contributed by atoms with Gasteiger partial charge in [0.2, 0.25) is 11.9 Å². The predicted molar refractivity (Wildman–Crippen MR) is 220 cm³/mol. The molecule has 1 aliphatic rings. The van der Waals surface area contributed by atoms with E-state index < -0.39 is 17.3 Å². The number of amides is 1. The summed E-state index contributed by atoms with van der Waals surface area (Å²) in [5.74, 6) is 0.563. The summed E-state index contributed by atoms with van der Waals surface area (Å²) in [5.41, 5.74) is 1.97. The second-order valence-electron chi connectivity index (χ2n) is 14.8. The van der Waals surface area contributed by atoms with E-state index in [4.69, 9.17) is 4.74 Å². The van der Waals surface area contributed by atoms with Gasteiger partial charge in [-0.2, -0.15) is 13.2 Å². The number of piperazine rings is 1. The van der Waals surface area contributed by atoms with Gasteiger partial charge >= 0.3 is 6.18 Å². The van der Waals surface area contributed by atoms with E-state index in [2.05, 4.69) is 15.0 Å². The fourth-order valence-corrected chi connectivity index (χ4v) is 8.08. The number of nitrogens with zero attached hydrogens (tertiary/aromatic N) is 7. The van der Waals surface area contributed by atoms with Crippen molar-refractivity contribution >= 4 is 22.8 Å². The molecule has 0 N–H and O–H groups in total. The van der Waals surface area contributed by atoms with Crippen LogP contribution in [-0.4, -0.2) is 60.8 Å². The number of anilines is 1. The Morgan fingerprint density at radius 2 is 1.39 bits per heavy atom. The fourth-order valence-electron chi connectivity index (χ4n) is 8.08. The van der Waals surface area contributed by atoms with Crippen LogP contribution in [0.3, 0.4) is 0 Å². The van der Waals surface area contributed by atoms with Gasteiger partial charge in [0.1, 0.15) is 5.60 Å². The van der Waals surface area contributed by atoms with Crippen LogP contribution in [0.4, 0.5) is 19.1 Å². The van der Waals surface area contributed by atoms with Crippen molar-refractivity contribution < 1.29 is 22.7 Å². The van der Waals surface area contributed by atoms with Crippen LogP contribution in [-0.2, 0) is 41.5 Å². The van der Waals surface area contributed by atoms with Crippen molar-refractivity contribution in [2.45, 2.75) is 44.8 Å². The molecule has 13 heteroatoms. The standard InChI is InChI=1S/C46H42F3N7O3/c1-31-28-54(23-24-55(31)32(2)57)44-50-26-34(27-51-44)33-19-21-39-42(25-33)56(53(3)43(39)58)29-41-40(46(47,48)49)22-20-38(52-41)30-59-45(35-13-7-4-8-14-35,36-15-9-5-10-16-36)37-17-11-6-12-18-37/h4-22,25-27,31H,23-24,28-30H2,1-3H3/t31-/m1/s1. The van der Waals surface area contributed by atoms with Gasteiger partial charge < -0.3 is 14.5 Å². The summed E-state index contributed by atoms with van der Waals surface area (Å²) in [6, 6.07) is 36.7. The lowest BCUT2D eigenvalue weighted by atomic mass is 9.80. The molecule has 1 fully saturated rings. The van der Waals surface area contributed by atoms with Crippen molar-refractivity contribution in [2.24, 2.45) is 7.05 Å². The minimum absolute atomic E-state index is 0.00809. The molecule has 300 valence electrons. The molecule has 4 aromatic carbocycles. The zero-order chi connectivity index (χ0) is 41.3. The van der Waals surface area contributed by atoms with Crippen LogP contribution in [0, 0.1) is 0 Å². The summed E-state index contributed by atoms with van der Waals surface area (Å²) in [4.78, 5) is 43.1. The smallest absolute Gasteiger partial charge is 0.355 e. The SMILES string of the molecule is CC(=O)N1CCN(c2ncc(-c3ccc4c(=O)n(C)n(Cc5nc(COC(c6ccccc6)(c6ccccc6)c6ccccc6)ccc5C(F)(F)F)c4c3)cn2)C[C@H]1C. The van der Waals surface area contributed by atoms with E-state index in [1.165, 1.54) is 22.5 Å². The molecule has 59 heavy (non-hydrogen) atoms. The van der Waals surface area contributed by atoms with Crippen molar-refractivity contribution in [3.63, 3.8) is 0 Å². The van der Waals surface area contributed by atoms with Crippen LogP contribution in [0.15, 0.2) is 139 Å². The molecule has 0 spiro atoms. The van der Waals surface area contributed by atoms with E-state index in [9.17, 15) is 22.8 Å². The van der Waals surface area contributed by atoms with Crippen LogP contribution < -0.4 is 10.5 Å². The van der Waals surface area contributed by atoms with Crippen molar-refractivity contribution in [3.05, 3.63) is 178 Å². The van der Waals surface area contributed by atoms with Crippen LogP contribution >= 0.6 is 0 Å². The van der Waals surface area contributed by atoms with Gasteiger partial charge in [-0.25, -0.2) is 9.97 Å². The number of pyridine rings is 1. The molecular weight excluding hydrogens is 756 g/mol. The molecule has 0 radical (unpaired) electrons. The Bertz CT molecular complexity index is 2550. The molecule has 7 aromatic rings. The third kappa shape index (κ3) is 7.61. The van der Waals surface area contributed by atoms with E-state index in [1.807, 2.05) is 108 Å². The summed E-state index contributed by atoms with van der Waals surface area (Å²) >= 11 is 0. The molecule has 1 saturated heterocycles. The quantitative estimate of drug-likeness (QED) is 0.130. The normalized spacial score (nSPS) is 14.8. The molecule has 0 saturated carbocycles. The number of fused-ring (bicyclic) bond motifs is 1. The third-order valence-corrected chi connectivity index (χ3v) is 11.1. The lowest BCUT2D eigenvalue weighted by Crippen LogP contribution is -2.53. The Morgan fingerprint density at radius 1 is 0.797 bits per heavy atom. The second-order valence-corrected chi connectivity index (χ2v) is 14.8. The van der Waals surface area contributed by atoms with Gasteiger partial charge in [0, 0.05) is 57.6 Å². The first-order valence-corrected chi connectivity index (χ1v) is 19.3. The number of carbonyl (C=O) groups is 1. The van der Waals surface area contributed by atoms with E-state index in [1.54, 1.807) is 37.5 Å². The molecule has 1 atom stereocenters. The van der Waals surface area contributed by atoms with Gasteiger partial charge in [0.25, 0.3) is 5.56 Å². The van der Waals surface area contributed by atoms with E-state index >= 15 is 0 Å². The second kappa shape index (κ2) is 16.0. The molecule has 0 bridgehead atoms. The van der Waals surface area contributed by atoms with Crippen LogP contribution in [0.1, 0.15) is 47.5 Å². The van der Waals surface area contributed by atoms with Crippen LogP contribution in [0.5, 0.6) is 0 Å². The number of ether oxygens (including phenoxy) is 1. The Balaban J connectivity index is 1.13. The molecular formula is C46H42F3N7O3. The minimum atomic E-state index is -4.72. The highest BCUT2D eigenvalue weighted by Crippen LogP contribution is 2.41. The first-order valence-electron chi connectivity index (χ1n) is 19.3. The monoisotopic (exact) mass is 797 g/mol. The van der Waals surface area contributed by atoms with Gasteiger partial charge in [0.15, 0.2) is 0 Å². The molecule has 0 unspecified atom stereocenters. The molecule has 8 rings (SSSR count). The average molecular weight is 798 g/mol. The lowest BCUT2D eigenvalue weighted by molar-refractivity contribution is -0.138. The molecule has 1 amide bonds. The van der Waals surface area contributed by atoms with Crippen LogP contribution in [0.2, 0.25) is 0 Å². The Kier molecular flexibility index (Phi) is 10.6. The van der Waals surface area contributed by atoms with Gasteiger partial charge in [-0.15, -0.1) is 0 Å². The molecule has 0 aliphatic carbocycles. The summed E-state index contributed by atoms with van der Waals surface area (Å²) < 4.78 is 53.8. The Labute approximate surface area is 339 Å². The molecule has 3 aromatic heterocycles.